The minimum atomic E-state index is 0.0249. The van der Waals surface area contributed by atoms with Crippen LogP contribution in [0.3, 0.4) is 0 Å². The number of rotatable bonds is 6. The normalized spacial score (nSPS) is 17.2. The topological polar surface area (TPSA) is 15.3 Å². The average molecular weight is 858 g/mol. The predicted octanol–water partition coefficient (Wildman–Crippen LogP) is 16.0. The van der Waals surface area contributed by atoms with Crippen molar-refractivity contribution in [1.29, 1.82) is 0 Å². The second-order valence-electron chi connectivity index (χ2n) is 22.3. The molecule has 2 aliphatic carbocycles. The summed E-state index contributed by atoms with van der Waals surface area (Å²) < 4.78 is 0. The van der Waals surface area contributed by atoms with Crippen molar-refractivity contribution in [2.24, 2.45) is 0 Å². The molecule has 3 aliphatic rings. The summed E-state index contributed by atoms with van der Waals surface area (Å²) in [6.07, 6.45) is 4.66. The van der Waals surface area contributed by atoms with Crippen LogP contribution in [-0.2, 0) is 21.7 Å². The summed E-state index contributed by atoms with van der Waals surface area (Å²) in [5.41, 5.74) is 23.2. The summed E-state index contributed by atoms with van der Waals surface area (Å²) in [5.74, 6) is 0. The van der Waals surface area contributed by atoms with Crippen LogP contribution in [0.4, 0.5) is 28.4 Å². The number of nitrogens with zero attached hydrogens (tertiary/aromatic N) is 1. The Morgan fingerprint density at radius 2 is 0.970 bits per heavy atom. The quantitative estimate of drug-likeness (QED) is 0.168. The summed E-state index contributed by atoms with van der Waals surface area (Å²) in [6, 6.07) is 59.4. The second kappa shape index (κ2) is 15.4. The number of fused-ring (bicyclic) bond motifs is 5. The SMILES string of the molecule is Cc1cc2c(cc1N1c3cc(-c4ccccc4)ccc3[B]c3c1cc1ccccc1c3-c1cc3c(cc1Nc1ccc(-c4ccccc4)cc1)C(C)(C)CCC3(C)C)C(C)(C)CCC2(C)C. The zero-order valence-electron chi connectivity index (χ0n) is 40.4. The third kappa shape index (κ3) is 7.09. The van der Waals surface area contributed by atoms with Gasteiger partial charge in [-0.3, -0.25) is 0 Å². The van der Waals surface area contributed by atoms with E-state index in [0.717, 1.165) is 24.2 Å². The first-order chi connectivity index (χ1) is 31.6. The van der Waals surface area contributed by atoms with Crippen molar-refractivity contribution in [3.63, 3.8) is 0 Å². The van der Waals surface area contributed by atoms with E-state index < -0.39 is 0 Å². The van der Waals surface area contributed by atoms with Crippen LogP contribution in [0.25, 0.3) is 44.2 Å². The Morgan fingerprint density at radius 1 is 0.455 bits per heavy atom. The van der Waals surface area contributed by atoms with E-state index in [9.17, 15) is 0 Å². The fourth-order valence-electron chi connectivity index (χ4n) is 11.6. The van der Waals surface area contributed by atoms with Gasteiger partial charge in [-0.2, -0.15) is 0 Å². The van der Waals surface area contributed by atoms with E-state index in [4.69, 9.17) is 0 Å². The van der Waals surface area contributed by atoms with Crippen LogP contribution >= 0.6 is 0 Å². The van der Waals surface area contributed by atoms with Gasteiger partial charge in [-0.05, 0) is 169 Å². The summed E-state index contributed by atoms with van der Waals surface area (Å²) >= 11 is 0. The molecule has 0 spiro atoms. The Morgan fingerprint density at radius 3 is 1.61 bits per heavy atom. The highest BCUT2D eigenvalue weighted by atomic mass is 15.2. The molecule has 0 amide bonds. The summed E-state index contributed by atoms with van der Waals surface area (Å²) in [7, 11) is 2.49. The Hall–Kier alpha value is -6.32. The number of anilines is 5. The molecular weight excluding hydrogens is 796 g/mol. The first-order valence-corrected chi connectivity index (χ1v) is 24.3. The fourth-order valence-corrected chi connectivity index (χ4v) is 11.6. The lowest BCUT2D eigenvalue weighted by molar-refractivity contribution is 0.332. The van der Waals surface area contributed by atoms with E-state index in [-0.39, 0.29) is 21.7 Å². The molecule has 1 N–H and O–H groups in total. The maximum absolute atomic E-state index is 4.06. The zero-order valence-corrected chi connectivity index (χ0v) is 40.4. The number of benzene rings is 8. The highest BCUT2D eigenvalue weighted by Crippen LogP contribution is 2.53. The number of nitrogens with one attached hydrogen (secondary N) is 1. The lowest BCUT2D eigenvalue weighted by atomic mass is 9.57. The van der Waals surface area contributed by atoms with Gasteiger partial charge >= 0.3 is 0 Å². The Bertz CT molecular complexity index is 3190. The van der Waals surface area contributed by atoms with Gasteiger partial charge in [0.1, 0.15) is 0 Å². The van der Waals surface area contributed by atoms with Gasteiger partial charge in [0.15, 0.2) is 7.28 Å². The molecule has 0 saturated carbocycles. The molecule has 1 aliphatic heterocycles. The summed E-state index contributed by atoms with van der Waals surface area (Å²) in [6.45, 7) is 21.9. The molecule has 8 aromatic carbocycles. The standard InChI is InChI=1S/C63H62BN2/c1-40-34-49-52(63(8,9)33-30-60(49,2)3)39-55(40)66-56-35-44(42-20-14-11-15-21-42)26-29-53(56)64-59-57(66)36-45-22-16-17-23-47(45)58(59)48-37-50-51(62(6,7)32-31-61(50,4)5)38-54(48)65-46-27-24-43(25-28-46)41-18-12-10-13-19-41/h10-29,34-39,65H,30-33H2,1-9H3. The number of hydrogen-bond donors (Lipinski definition) is 1. The molecule has 2 nitrogen and oxygen atoms in total. The summed E-state index contributed by atoms with van der Waals surface area (Å²) in [5, 5.41) is 6.55. The molecule has 0 atom stereocenters. The first kappa shape index (κ1) is 42.3. The van der Waals surface area contributed by atoms with Crippen LogP contribution in [0.15, 0.2) is 158 Å². The van der Waals surface area contributed by atoms with Crippen LogP contribution in [0.5, 0.6) is 0 Å². The van der Waals surface area contributed by atoms with Crippen molar-refractivity contribution in [2.75, 3.05) is 10.2 Å². The van der Waals surface area contributed by atoms with Crippen molar-refractivity contribution >= 4 is 57.4 Å². The van der Waals surface area contributed by atoms with E-state index in [0.29, 0.717) is 0 Å². The van der Waals surface area contributed by atoms with Gasteiger partial charge in [0.25, 0.3) is 0 Å². The molecule has 0 aromatic heterocycles. The summed E-state index contributed by atoms with van der Waals surface area (Å²) in [4.78, 5) is 2.63. The minimum absolute atomic E-state index is 0.0249. The molecule has 11 rings (SSSR count). The van der Waals surface area contributed by atoms with Gasteiger partial charge in [-0.1, -0.05) is 176 Å². The van der Waals surface area contributed by atoms with E-state index in [1.807, 2.05) is 0 Å². The van der Waals surface area contributed by atoms with Crippen molar-refractivity contribution in [2.45, 2.75) is 110 Å². The molecule has 327 valence electrons. The predicted molar refractivity (Wildman–Crippen MR) is 285 cm³/mol. The monoisotopic (exact) mass is 858 g/mol. The third-order valence-corrected chi connectivity index (χ3v) is 15.9. The number of hydrogen-bond acceptors (Lipinski definition) is 2. The molecule has 1 heterocycles. The van der Waals surface area contributed by atoms with E-state index in [2.05, 4.69) is 238 Å². The van der Waals surface area contributed by atoms with Crippen LogP contribution in [-0.4, -0.2) is 7.28 Å². The lowest BCUT2D eigenvalue weighted by Gasteiger charge is -2.44. The molecule has 0 saturated heterocycles. The molecule has 3 heteroatoms. The largest absolute Gasteiger partial charge is 0.355 e. The highest BCUT2D eigenvalue weighted by molar-refractivity contribution is 6.73. The Balaban J connectivity index is 1.19. The molecule has 1 radical (unpaired) electrons. The van der Waals surface area contributed by atoms with Gasteiger partial charge in [0.05, 0.1) is 0 Å². The molecule has 0 fully saturated rings. The van der Waals surface area contributed by atoms with Crippen LogP contribution in [0, 0.1) is 6.92 Å². The van der Waals surface area contributed by atoms with Crippen molar-refractivity contribution < 1.29 is 0 Å². The molecule has 0 unspecified atom stereocenters. The van der Waals surface area contributed by atoms with Crippen LogP contribution in [0.2, 0.25) is 0 Å². The van der Waals surface area contributed by atoms with E-state index in [1.54, 1.807) is 0 Å². The molecule has 66 heavy (non-hydrogen) atoms. The second-order valence-corrected chi connectivity index (χ2v) is 22.3. The zero-order chi connectivity index (χ0) is 45.8. The van der Waals surface area contributed by atoms with Gasteiger partial charge in [0, 0.05) is 34.0 Å². The van der Waals surface area contributed by atoms with Gasteiger partial charge in [-0.15, -0.1) is 0 Å². The van der Waals surface area contributed by atoms with Crippen LogP contribution in [0.1, 0.15) is 109 Å². The average Bonchev–Trinajstić information content (AvgIpc) is 3.31. The molecule has 8 aromatic rings. The maximum Gasteiger partial charge on any atom is 0.197 e. The number of aryl methyl sites for hydroxylation is 1. The van der Waals surface area contributed by atoms with Crippen molar-refractivity contribution in [3.8, 4) is 33.4 Å². The van der Waals surface area contributed by atoms with Gasteiger partial charge in [-0.25, -0.2) is 0 Å². The third-order valence-electron chi connectivity index (χ3n) is 15.9. The minimum Gasteiger partial charge on any atom is -0.355 e. The van der Waals surface area contributed by atoms with Gasteiger partial charge in [0.2, 0.25) is 0 Å². The smallest absolute Gasteiger partial charge is 0.197 e. The van der Waals surface area contributed by atoms with Crippen LogP contribution < -0.4 is 21.1 Å². The van der Waals surface area contributed by atoms with Crippen molar-refractivity contribution in [3.05, 3.63) is 186 Å². The maximum atomic E-state index is 4.06. The lowest BCUT2D eigenvalue weighted by Crippen LogP contribution is -2.41. The first-order valence-electron chi connectivity index (χ1n) is 24.3. The molecule has 0 bridgehead atoms. The Labute approximate surface area is 394 Å². The van der Waals surface area contributed by atoms with Crippen molar-refractivity contribution in [1.82, 2.24) is 0 Å². The van der Waals surface area contributed by atoms with Gasteiger partial charge < -0.3 is 10.2 Å². The highest BCUT2D eigenvalue weighted by Gasteiger charge is 2.41. The fraction of sp³-hybridized carbons (Fsp3) is 0.270. The Kier molecular flexibility index (Phi) is 9.86. The van der Waals surface area contributed by atoms with E-state index in [1.165, 1.54) is 113 Å². The van der Waals surface area contributed by atoms with E-state index >= 15 is 0 Å². The molecular formula is C63H62BN2.